The van der Waals surface area contributed by atoms with Gasteiger partial charge in [0.25, 0.3) is 10.1 Å². The standard InChI is InChI=1S/C20H28O3SSi/c1-17-11-13-18(14-12-17)24(21,22)23-15-20(2,3)16-25(4,5)19-9-7-6-8-10-19/h6-14H,15-16H2,1-5H3. The molecule has 0 spiro atoms. The Hall–Kier alpha value is -1.43. The first-order chi connectivity index (χ1) is 11.5. The van der Waals surface area contributed by atoms with Crippen molar-refractivity contribution in [1.82, 2.24) is 0 Å². The highest BCUT2D eigenvalue weighted by atomic mass is 32.2. The molecule has 5 heteroatoms. The molecule has 0 heterocycles. The van der Waals surface area contributed by atoms with E-state index in [1.807, 2.05) is 13.0 Å². The maximum absolute atomic E-state index is 12.4. The van der Waals surface area contributed by atoms with E-state index in [1.165, 1.54) is 5.19 Å². The van der Waals surface area contributed by atoms with Gasteiger partial charge in [0.05, 0.1) is 19.6 Å². The minimum absolute atomic E-state index is 0.187. The molecule has 25 heavy (non-hydrogen) atoms. The van der Waals surface area contributed by atoms with Gasteiger partial charge >= 0.3 is 0 Å². The van der Waals surface area contributed by atoms with Gasteiger partial charge in [-0.1, -0.05) is 80.2 Å². The minimum atomic E-state index is -3.72. The van der Waals surface area contributed by atoms with Gasteiger partial charge in [-0.05, 0) is 30.5 Å². The van der Waals surface area contributed by atoms with Gasteiger partial charge in [0.2, 0.25) is 0 Å². The molecule has 0 aromatic heterocycles. The Kier molecular flexibility index (Phi) is 5.92. The molecule has 2 rings (SSSR count). The average Bonchev–Trinajstić information content (AvgIpc) is 2.54. The summed E-state index contributed by atoms with van der Waals surface area (Å²) in [4.78, 5) is 0.216. The van der Waals surface area contributed by atoms with Crippen LogP contribution in [-0.2, 0) is 14.3 Å². The van der Waals surface area contributed by atoms with Crippen LogP contribution < -0.4 is 5.19 Å². The Morgan fingerprint density at radius 2 is 1.52 bits per heavy atom. The van der Waals surface area contributed by atoms with E-state index >= 15 is 0 Å². The smallest absolute Gasteiger partial charge is 0.266 e. The minimum Gasteiger partial charge on any atom is -0.266 e. The third-order valence-electron chi connectivity index (χ3n) is 4.39. The van der Waals surface area contributed by atoms with Crippen LogP contribution in [0, 0.1) is 12.3 Å². The Labute approximate surface area is 153 Å². The number of hydrogen-bond acceptors (Lipinski definition) is 3. The topological polar surface area (TPSA) is 43.4 Å². The van der Waals surface area contributed by atoms with Gasteiger partial charge in [-0.15, -0.1) is 0 Å². The van der Waals surface area contributed by atoms with Crippen molar-refractivity contribution >= 4 is 23.4 Å². The fourth-order valence-corrected chi connectivity index (χ4v) is 8.12. The zero-order valence-corrected chi connectivity index (χ0v) is 17.6. The molecule has 136 valence electrons. The molecular formula is C20H28O3SSi. The fraction of sp³-hybridized carbons (Fsp3) is 0.400. The van der Waals surface area contributed by atoms with E-state index in [4.69, 9.17) is 4.18 Å². The summed E-state index contributed by atoms with van der Waals surface area (Å²) in [6, 6.07) is 18.2. The monoisotopic (exact) mass is 376 g/mol. The Morgan fingerprint density at radius 3 is 2.08 bits per heavy atom. The first-order valence-electron chi connectivity index (χ1n) is 8.54. The van der Waals surface area contributed by atoms with Crippen LogP contribution in [0.2, 0.25) is 19.1 Å². The van der Waals surface area contributed by atoms with E-state index < -0.39 is 18.2 Å². The van der Waals surface area contributed by atoms with Crippen molar-refractivity contribution in [2.24, 2.45) is 5.41 Å². The molecule has 0 aliphatic carbocycles. The highest BCUT2D eigenvalue weighted by Gasteiger charge is 2.33. The first-order valence-corrected chi connectivity index (χ1v) is 13.2. The molecule has 0 atom stereocenters. The first kappa shape index (κ1) is 19.9. The summed E-state index contributed by atoms with van der Waals surface area (Å²) in [6.45, 7) is 10.9. The number of benzene rings is 2. The number of aryl methyl sites for hydroxylation is 1. The zero-order valence-electron chi connectivity index (χ0n) is 15.7. The second-order valence-electron chi connectivity index (χ2n) is 8.12. The molecule has 0 N–H and O–H groups in total. The van der Waals surface area contributed by atoms with Crippen LogP contribution in [0.25, 0.3) is 0 Å². The molecule has 0 saturated carbocycles. The summed E-state index contributed by atoms with van der Waals surface area (Å²) in [5.41, 5.74) is 0.804. The van der Waals surface area contributed by atoms with Crippen LogP contribution in [0.15, 0.2) is 59.5 Å². The Bertz CT molecular complexity index is 795. The molecule has 0 aliphatic heterocycles. The molecule has 2 aromatic rings. The molecule has 0 bridgehead atoms. The van der Waals surface area contributed by atoms with Crippen LogP contribution >= 0.6 is 0 Å². The maximum Gasteiger partial charge on any atom is 0.296 e. The number of hydrogen-bond donors (Lipinski definition) is 0. The van der Waals surface area contributed by atoms with E-state index in [2.05, 4.69) is 51.2 Å². The molecule has 2 aromatic carbocycles. The Morgan fingerprint density at radius 1 is 0.960 bits per heavy atom. The normalized spacial score (nSPS) is 13.0. The van der Waals surface area contributed by atoms with Gasteiger partial charge in [0, 0.05) is 0 Å². The van der Waals surface area contributed by atoms with Crippen LogP contribution in [0.1, 0.15) is 19.4 Å². The summed E-state index contributed by atoms with van der Waals surface area (Å²) in [5.74, 6) is 0. The molecule has 0 radical (unpaired) electrons. The van der Waals surface area contributed by atoms with Crippen molar-refractivity contribution in [3.8, 4) is 0 Å². The van der Waals surface area contributed by atoms with Gasteiger partial charge in [-0.2, -0.15) is 8.42 Å². The molecule has 0 unspecified atom stereocenters. The summed E-state index contributed by atoms with van der Waals surface area (Å²) < 4.78 is 30.2. The van der Waals surface area contributed by atoms with E-state index in [9.17, 15) is 8.42 Å². The van der Waals surface area contributed by atoms with Crippen LogP contribution in [-0.4, -0.2) is 23.1 Å². The third-order valence-corrected chi connectivity index (χ3v) is 9.41. The second kappa shape index (κ2) is 7.44. The zero-order chi connectivity index (χ0) is 18.7. The predicted octanol–water partition coefficient (Wildman–Crippen LogP) is 4.34. The lowest BCUT2D eigenvalue weighted by Crippen LogP contribution is -2.45. The summed E-state index contributed by atoms with van der Waals surface area (Å²) >= 11 is 0. The van der Waals surface area contributed by atoms with E-state index in [0.717, 1.165) is 11.6 Å². The van der Waals surface area contributed by atoms with Gasteiger partial charge in [-0.3, -0.25) is 4.18 Å². The summed E-state index contributed by atoms with van der Waals surface area (Å²) in [6.07, 6.45) is 0. The summed E-state index contributed by atoms with van der Waals surface area (Å²) in [7, 11) is -5.39. The Balaban J connectivity index is 2.07. The third kappa shape index (κ3) is 5.52. The number of rotatable bonds is 7. The second-order valence-corrected chi connectivity index (χ2v) is 14.4. The molecule has 0 fully saturated rings. The molecule has 0 aliphatic rings. The molecule has 3 nitrogen and oxygen atoms in total. The van der Waals surface area contributed by atoms with Crippen molar-refractivity contribution in [2.45, 2.75) is 44.8 Å². The van der Waals surface area contributed by atoms with Crippen molar-refractivity contribution < 1.29 is 12.6 Å². The highest BCUT2D eigenvalue weighted by molar-refractivity contribution is 7.86. The largest absolute Gasteiger partial charge is 0.296 e. The molecular weight excluding hydrogens is 348 g/mol. The average molecular weight is 377 g/mol. The predicted molar refractivity (Wildman–Crippen MR) is 106 cm³/mol. The van der Waals surface area contributed by atoms with Gasteiger partial charge in [0.15, 0.2) is 0 Å². The van der Waals surface area contributed by atoms with E-state index in [-0.39, 0.29) is 16.9 Å². The van der Waals surface area contributed by atoms with Crippen LogP contribution in [0.3, 0.4) is 0 Å². The fourth-order valence-electron chi connectivity index (χ4n) is 3.25. The van der Waals surface area contributed by atoms with Crippen molar-refractivity contribution in [2.75, 3.05) is 6.61 Å². The van der Waals surface area contributed by atoms with Gasteiger partial charge < -0.3 is 0 Å². The van der Waals surface area contributed by atoms with Crippen molar-refractivity contribution in [3.05, 3.63) is 60.2 Å². The lowest BCUT2D eigenvalue weighted by molar-refractivity contribution is 0.202. The van der Waals surface area contributed by atoms with Crippen molar-refractivity contribution in [1.29, 1.82) is 0 Å². The lowest BCUT2D eigenvalue weighted by Gasteiger charge is -2.33. The van der Waals surface area contributed by atoms with Crippen molar-refractivity contribution in [3.63, 3.8) is 0 Å². The lowest BCUT2D eigenvalue weighted by atomic mass is 9.98. The van der Waals surface area contributed by atoms with Gasteiger partial charge in [-0.25, -0.2) is 0 Å². The van der Waals surface area contributed by atoms with E-state index in [1.54, 1.807) is 24.3 Å². The highest BCUT2D eigenvalue weighted by Crippen LogP contribution is 2.30. The summed E-state index contributed by atoms with van der Waals surface area (Å²) in [5, 5.41) is 1.38. The molecule has 0 saturated heterocycles. The van der Waals surface area contributed by atoms with Crippen LogP contribution in [0.5, 0.6) is 0 Å². The van der Waals surface area contributed by atoms with Crippen LogP contribution in [0.4, 0.5) is 0 Å². The van der Waals surface area contributed by atoms with Gasteiger partial charge in [0.1, 0.15) is 0 Å². The quantitative estimate of drug-likeness (QED) is 0.533. The molecule has 0 amide bonds. The SMILES string of the molecule is Cc1ccc(S(=O)(=O)OCC(C)(C)C[Si](C)(C)c2ccccc2)cc1. The van der Waals surface area contributed by atoms with E-state index in [0.29, 0.717) is 0 Å². The maximum atomic E-state index is 12.4.